The summed E-state index contributed by atoms with van der Waals surface area (Å²) in [5.41, 5.74) is 2.04. The van der Waals surface area contributed by atoms with E-state index in [-0.39, 0.29) is 12.3 Å². The molecule has 2 aromatic rings. The van der Waals surface area contributed by atoms with Crippen molar-refractivity contribution in [2.75, 3.05) is 0 Å². The van der Waals surface area contributed by atoms with Crippen LogP contribution in [0, 0.1) is 0 Å². The Balaban J connectivity index is 2.19. The maximum atomic E-state index is 10.8. The van der Waals surface area contributed by atoms with Gasteiger partial charge in [-0.05, 0) is 17.5 Å². The second-order valence-electron chi connectivity index (χ2n) is 4.36. The van der Waals surface area contributed by atoms with Crippen LogP contribution in [0.3, 0.4) is 0 Å². The van der Waals surface area contributed by atoms with Crippen LogP contribution in [-0.2, 0) is 4.79 Å². The van der Waals surface area contributed by atoms with E-state index in [0.29, 0.717) is 0 Å². The summed E-state index contributed by atoms with van der Waals surface area (Å²) in [6.07, 6.45) is 3.86. The van der Waals surface area contributed by atoms with Crippen molar-refractivity contribution in [3.8, 4) is 0 Å². The summed E-state index contributed by atoms with van der Waals surface area (Å²) >= 11 is 0. The van der Waals surface area contributed by atoms with Gasteiger partial charge in [0.1, 0.15) is 0 Å². The van der Waals surface area contributed by atoms with Gasteiger partial charge in [0, 0.05) is 11.9 Å². The molecule has 0 aliphatic heterocycles. The van der Waals surface area contributed by atoms with E-state index < -0.39 is 5.97 Å². The van der Waals surface area contributed by atoms with Gasteiger partial charge in [0.2, 0.25) is 0 Å². The number of hydrogen-bond donors (Lipinski definition) is 0. The number of carboxylic acid groups (broad SMARTS) is 1. The van der Waals surface area contributed by atoms with Crippen molar-refractivity contribution in [1.29, 1.82) is 0 Å². The Morgan fingerprint density at radius 3 is 2.16 bits per heavy atom. The summed E-state index contributed by atoms with van der Waals surface area (Å²) in [6, 6.07) is 19.4. The Morgan fingerprint density at radius 1 is 1.00 bits per heavy atom. The van der Waals surface area contributed by atoms with Gasteiger partial charge in [0.15, 0.2) is 0 Å². The third-order valence-electron chi connectivity index (χ3n) is 2.93. The van der Waals surface area contributed by atoms with Crippen molar-refractivity contribution < 1.29 is 9.90 Å². The number of carbonyl (C=O) groups excluding carboxylic acids is 1. The van der Waals surface area contributed by atoms with Crippen LogP contribution in [-0.4, -0.2) is 5.97 Å². The third-order valence-corrected chi connectivity index (χ3v) is 2.93. The Labute approximate surface area is 113 Å². The molecule has 2 nitrogen and oxygen atoms in total. The van der Waals surface area contributed by atoms with E-state index in [9.17, 15) is 9.90 Å². The van der Waals surface area contributed by atoms with Gasteiger partial charge in [0.05, 0.1) is 0 Å². The van der Waals surface area contributed by atoms with Crippen molar-refractivity contribution in [1.82, 2.24) is 0 Å². The van der Waals surface area contributed by atoms with Crippen LogP contribution in [0.1, 0.15) is 23.5 Å². The molecule has 0 saturated carbocycles. The molecule has 0 amide bonds. The highest BCUT2D eigenvalue weighted by molar-refractivity contribution is 5.67. The van der Waals surface area contributed by atoms with Crippen LogP contribution >= 0.6 is 0 Å². The van der Waals surface area contributed by atoms with Crippen molar-refractivity contribution in [3.05, 3.63) is 77.9 Å². The van der Waals surface area contributed by atoms with E-state index >= 15 is 0 Å². The minimum absolute atomic E-state index is 0.00660. The lowest BCUT2D eigenvalue weighted by Crippen LogP contribution is -2.24. The average Bonchev–Trinajstić information content (AvgIpc) is 2.45. The number of allylic oxidation sites excluding steroid dienone is 1. The molecule has 1 unspecified atom stereocenters. The average molecular weight is 251 g/mol. The molecule has 0 N–H and O–H groups in total. The van der Waals surface area contributed by atoms with Crippen molar-refractivity contribution in [2.45, 2.75) is 12.3 Å². The van der Waals surface area contributed by atoms with Crippen molar-refractivity contribution >= 4 is 12.0 Å². The zero-order chi connectivity index (χ0) is 13.5. The van der Waals surface area contributed by atoms with Gasteiger partial charge in [0.25, 0.3) is 0 Å². The van der Waals surface area contributed by atoms with Crippen LogP contribution < -0.4 is 5.11 Å². The Bertz CT molecular complexity index is 544. The largest absolute Gasteiger partial charge is 0.550 e. The van der Waals surface area contributed by atoms with Crippen LogP contribution in [0.25, 0.3) is 6.08 Å². The Morgan fingerprint density at radius 2 is 1.58 bits per heavy atom. The molecule has 0 aromatic heterocycles. The van der Waals surface area contributed by atoms with Gasteiger partial charge in [-0.25, -0.2) is 0 Å². The second kappa shape index (κ2) is 6.55. The molecule has 1 atom stereocenters. The molecule has 0 fully saturated rings. The molecule has 0 heterocycles. The van der Waals surface area contributed by atoms with Crippen LogP contribution in [0.4, 0.5) is 0 Å². The molecule has 0 aliphatic rings. The molecule has 0 spiro atoms. The molecule has 2 heteroatoms. The molecule has 2 rings (SSSR count). The minimum atomic E-state index is -1.04. The number of hydrogen-bond acceptors (Lipinski definition) is 2. The van der Waals surface area contributed by atoms with Gasteiger partial charge in [-0.3, -0.25) is 0 Å². The number of aliphatic carboxylic acids is 1. The lowest BCUT2D eigenvalue weighted by Gasteiger charge is -2.13. The number of carbonyl (C=O) groups is 1. The van der Waals surface area contributed by atoms with Crippen molar-refractivity contribution in [2.24, 2.45) is 0 Å². The first-order chi connectivity index (χ1) is 9.25. The van der Waals surface area contributed by atoms with Gasteiger partial charge in [-0.15, -0.1) is 0 Å². The maximum absolute atomic E-state index is 10.8. The first-order valence-electron chi connectivity index (χ1n) is 6.24. The molecule has 0 radical (unpaired) electrons. The fourth-order valence-electron chi connectivity index (χ4n) is 1.97. The summed E-state index contributed by atoms with van der Waals surface area (Å²) in [6.45, 7) is 0. The SMILES string of the molecule is O=C([O-])CC(/C=C/c1ccccc1)c1ccccc1. The molecule has 0 aliphatic carbocycles. The summed E-state index contributed by atoms with van der Waals surface area (Å²) < 4.78 is 0. The van der Waals surface area contributed by atoms with Gasteiger partial charge in [-0.1, -0.05) is 72.8 Å². The zero-order valence-corrected chi connectivity index (χ0v) is 10.5. The van der Waals surface area contributed by atoms with Crippen LogP contribution in [0.5, 0.6) is 0 Å². The smallest absolute Gasteiger partial charge is 0.0423 e. The number of rotatable bonds is 5. The topological polar surface area (TPSA) is 40.1 Å². The van der Waals surface area contributed by atoms with E-state index in [1.807, 2.05) is 72.8 Å². The number of benzene rings is 2. The second-order valence-corrected chi connectivity index (χ2v) is 4.36. The molecular weight excluding hydrogens is 236 g/mol. The first-order valence-corrected chi connectivity index (χ1v) is 6.24. The van der Waals surface area contributed by atoms with Crippen LogP contribution in [0.15, 0.2) is 66.7 Å². The summed E-state index contributed by atoms with van der Waals surface area (Å²) in [4.78, 5) is 10.8. The van der Waals surface area contributed by atoms with Crippen molar-refractivity contribution in [3.63, 3.8) is 0 Å². The van der Waals surface area contributed by atoms with E-state index in [0.717, 1.165) is 11.1 Å². The zero-order valence-electron chi connectivity index (χ0n) is 10.5. The van der Waals surface area contributed by atoms with E-state index in [2.05, 4.69) is 0 Å². The third kappa shape index (κ3) is 4.11. The standard InChI is InChI=1S/C17H16O2/c18-17(19)13-16(15-9-5-2-6-10-15)12-11-14-7-3-1-4-8-14/h1-12,16H,13H2,(H,18,19)/p-1/b12-11+. The highest BCUT2D eigenvalue weighted by Gasteiger charge is 2.07. The quantitative estimate of drug-likeness (QED) is 0.819. The van der Waals surface area contributed by atoms with Gasteiger partial charge >= 0.3 is 0 Å². The fourth-order valence-corrected chi connectivity index (χ4v) is 1.97. The first kappa shape index (κ1) is 13.1. The molecule has 2 aromatic carbocycles. The lowest BCUT2D eigenvalue weighted by molar-refractivity contribution is -0.305. The van der Waals surface area contributed by atoms with Crippen LogP contribution in [0.2, 0.25) is 0 Å². The summed E-state index contributed by atoms with van der Waals surface area (Å²) in [7, 11) is 0. The summed E-state index contributed by atoms with van der Waals surface area (Å²) in [5, 5.41) is 10.8. The predicted molar refractivity (Wildman–Crippen MR) is 74.3 cm³/mol. The van der Waals surface area contributed by atoms with Gasteiger partial charge < -0.3 is 9.90 Å². The Kier molecular flexibility index (Phi) is 4.51. The van der Waals surface area contributed by atoms with E-state index in [1.54, 1.807) is 0 Å². The monoisotopic (exact) mass is 251 g/mol. The van der Waals surface area contributed by atoms with Gasteiger partial charge in [-0.2, -0.15) is 0 Å². The maximum Gasteiger partial charge on any atom is 0.0423 e. The minimum Gasteiger partial charge on any atom is -0.550 e. The molecule has 0 bridgehead atoms. The highest BCUT2D eigenvalue weighted by Crippen LogP contribution is 2.21. The highest BCUT2D eigenvalue weighted by atomic mass is 16.4. The molecular formula is C17H15O2-. The van der Waals surface area contributed by atoms with E-state index in [1.165, 1.54) is 0 Å². The van der Waals surface area contributed by atoms with E-state index in [4.69, 9.17) is 0 Å². The number of carboxylic acids is 1. The predicted octanol–water partition coefficient (Wildman–Crippen LogP) is 2.62. The fraction of sp³-hybridized carbons (Fsp3) is 0.118. The molecule has 0 saturated heterocycles. The summed E-state index contributed by atoms with van der Waals surface area (Å²) in [5.74, 6) is -1.20. The lowest BCUT2D eigenvalue weighted by atomic mass is 9.94. The normalized spacial score (nSPS) is 12.4. The Hall–Kier alpha value is -2.35. The molecule has 19 heavy (non-hydrogen) atoms. The molecule has 96 valence electrons.